The summed E-state index contributed by atoms with van der Waals surface area (Å²) < 4.78 is 40.9. The number of nitrogens with two attached hydrogens (primary N) is 1. The summed E-state index contributed by atoms with van der Waals surface area (Å²) in [5.74, 6) is -0.00861. The Kier molecular flexibility index (Phi) is 7.19. The smallest absolute Gasteiger partial charge is 0.404 e. The van der Waals surface area contributed by atoms with E-state index in [1.54, 1.807) is 0 Å². The summed E-state index contributed by atoms with van der Waals surface area (Å²) in [5.41, 5.74) is 7.02. The molecule has 0 radical (unpaired) electrons. The zero-order valence-electron chi connectivity index (χ0n) is 13.0. The molecular weight excluding hydrogens is 410 g/mol. The van der Waals surface area contributed by atoms with Gasteiger partial charge in [-0.2, -0.15) is 5.10 Å². The van der Waals surface area contributed by atoms with E-state index in [1.807, 2.05) is 30.3 Å². The van der Waals surface area contributed by atoms with Crippen LogP contribution in [0.5, 0.6) is 5.75 Å². The van der Waals surface area contributed by atoms with E-state index in [9.17, 15) is 13.2 Å². The molecule has 0 atom stereocenters. The largest absolute Gasteiger partial charge is 0.573 e. The molecule has 2 rings (SSSR count). The maximum atomic E-state index is 12.4. The van der Waals surface area contributed by atoms with Crippen LogP contribution in [-0.4, -0.2) is 17.7 Å². The molecule has 0 bridgehead atoms. The van der Waals surface area contributed by atoms with Crippen molar-refractivity contribution in [2.24, 2.45) is 15.9 Å². The van der Waals surface area contributed by atoms with E-state index in [4.69, 9.17) is 28.9 Å². The van der Waals surface area contributed by atoms with E-state index in [2.05, 4.69) is 14.9 Å². The highest BCUT2D eigenvalue weighted by Crippen LogP contribution is 2.36. The predicted molar refractivity (Wildman–Crippen MR) is 100 cm³/mol. The van der Waals surface area contributed by atoms with Crippen molar-refractivity contribution >= 4 is 46.3 Å². The second kappa shape index (κ2) is 9.16. The van der Waals surface area contributed by atoms with Crippen molar-refractivity contribution in [3.63, 3.8) is 0 Å². The minimum Gasteiger partial charge on any atom is -0.404 e. The fourth-order valence-electron chi connectivity index (χ4n) is 1.77. The van der Waals surface area contributed by atoms with Gasteiger partial charge in [-0.25, -0.2) is 0 Å². The minimum absolute atomic E-state index is 0.106. The van der Waals surface area contributed by atoms with Gasteiger partial charge in [0.05, 0.1) is 11.2 Å². The van der Waals surface area contributed by atoms with Crippen molar-refractivity contribution in [2.45, 2.75) is 12.1 Å². The number of alkyl halides is 3. The predicted octanol–water partition coefficient (Wildman–Crippen LogP) is 5.47. The molecule has 0 saturated heterocycles. The van der Waals surface area contributed by atoms with Crippen LogP contribution in [-0.2, 0) is 5.75 Å². The lowest BCUT2D eigenvalue weighted by molar-refractivity contribution is -0.274. The van der Waals surface area contributed by atoms with E-state index >= 15 is 0 Å². The maximum absolute atomic E-state index is 12.4. The van der Waals surface area contributed by atoms with Crippen molar-refractivity contribution in [3.05, 3.63) is 63.6 Å². The molecule has 0 aliphatic carbocycles. The van der Waals surface area contributed by atoms with E-state index < -0.39 is 12.1 Å². The Balaban J connectivity index is 2.04. The van der Waals surface area contributed by atoms with Crippen molar-refractivity contribution in [3.8, 4) is 5.75 Å². The third kappa shape index (κ3) is 6.78. The van der Waals surface area contributed by atoms with Crippen LogP contribution in [0, 0.1) is 0 Å². The molecule has 4 nitrogen and oxygen atoms in total. The first-order valence-corrected chi connectivity index (χ1v) is 8.77. The quantitative estimate of drug-likeness (QED) is 0.395. The summed E-state index contributed by atoms with van der Waals surface area (Å²) in [6.07, 6.45) is -3.69. The molecule has 0 heterocycles. The second-order valence-electron chi connectivity index (χ2n) is 4.82. The lowest BCUT2D eigenvalue weighted by Gasteiger charge is -2.11. The van der Waals surface area contributed by atoms with Gasteiger partial charge in [-0.3, -0.25) is 0 Å². The molecule has 0 saturated carbocycles. The van der Waals surface area contributed by atoms with Crippen LogP contribution in [0.2, 0.25) is 10.0 Å². The number of nitrogens with zero attached hydrogens (tertiary/aromatic N) is 2. The fraction of sp³-hybridized carbons (Fsp3) is 0.125. The number of benzene rings is 2. The number of hydrogen-bond acceptors (Lipinski definition) is 4. The van der Waals surface area contributed by atoms with Gasteiger partial charge < -0.3 is 10.5 Å². The fourth-order valence-corrected chi connectivity index (χ4v) is 2.75. The molecular formula is C16H12Cl2F3N3OS. The Bertz CT molecular complexity index is 814. The summed E-state index contributed by atoms with van der Waals surface area (Å²) in [4.78, 5) is 0. The van der Waals surface area contributed by atoms with Crippen LogP contribution >= 0.6 is 35.0 Å². The van der Waals surface area contributed by atoms with Gasteiger partial charge in [-0.1, -0.05) is 65.3 Å². The zero-order valence-corrected chi connectivity index (χ0v) is 15.3. The summed E-state index contributed by atoms with van der Waals surface area (Å²) in [5, 5.41) is 7.27. The van der Waals surface area contributed by atoms with Crippen LogP contribution in [0.25, 0.3) is 0 Å². The van der Waals surface area contributed by atoms with Gasteiger partial charge in [0.1, 0.15) is 10.8 Å². The molecule has 0 aliphatic heterocycles. The maximum Gasteiger partial charge on any atom is 0.573 e. The number of amidine groups is 1. The molecule has 0 spiro atoms. The van der Waals surface area contributed by atoms with Gasteiger partial charge >= 0.3 is 6.36 Å². The van der Waals surface area contributed by atoms with Gasteiger partial charge in [0, 0.05) is 5.75 Å². The number of halogens is 5. The Labute approximate surface area is 161 Å². The van der Waals surface area contributed by atoms with Gasteiger partial charge in [0.25, 0.3) is 0 Å². The topological polar surface area (TPSA) is 60.0 Å². The highest BCUT2D eigenvalue weighted by Gasteiger charge is 2.32. The third-order valence-corrected chi connectivity index (χ3v) is 4.48. The number of rotatable bonds is 5. The van der Waals surface area contributed by atoms with Crippen molar-refractivity contribution < 1.29 is 17.9 Å². The molecule has 0 fully saturated rings. The lowest BCUT2D eigenvalue weighted by atomic mass is 10.2. The monoisotopic (exact) mass is 421 g/mol. The molecule has 0 unspecified atom stereocenters. The highest BCUT2D eigenvalue weighted by atomic mass is 35.5. The molecule has 10 heteroatoms. The Morgan fingerprint density at radius 2 is 1.88 bits per heavy atom. The van der Waals surface area contributed by atoms with Crippen LogP contribution in [0.15, 0.2) is 52.7 Å². The molecule has 0 aliphatic rings. The number of hydrogen-bond donors (Lipinski definition) is 1. The normalized spacial score (nSPS) is 12.6. The molecule has 2 aromatic carbocycles. The molecule has 138 valence electrons. The van der Waals surface area contributed by atoms with Crippen molar-refractivity contribution in [1.29, 1.82) is 0 Å². The molecule has 2 aromatic rings. The van der Waals surface area contributed by atoms with E-state index in [0.717, 1.165) is 11.6 Å². The number of thioether (sulfide) groups is 1. The van der Waals surface area contributed by atoms with Crippen LogP contribution < -0.4 is 10.5 Å². The summed E-state index contributed by atoms with van der Waals surface area (Å²) in [6, 6.07) is 12.0. The van der Waals surface area contributed by atoms with Gasteiger partial charge in [-0.15, -0.1) is 18.3 Å². The molecule has 0 aromatic heterocycles. The van der Waals surface area contributed by atoms with Gasteiger partial charge in [0.15, 0.2) is 5.17 Å². The second-order valence-corrected chi connectivity index (χ2v) is 6.60. The third-order valence-electron chi connectivity index (χ3n) is 2.84. The van der Waals surface area contributed by atoms with Crippen molar-refractivity contribution in [2.75, 3.05) is 0 Å². The van der Waals surface area contributed by atoms with E-state index in [0.29, 0.717) is 5.75 Å². The van der Waals surface area contributed by atoms with Crippen molar-refractivity contribution in [1.82, 2.24) is 0 Å². The van der Waals surface area contributed by atoms with Gasteiger partial charge in [0.2, 0.25) is 0 Å². The molecule has 2 N–H and O–H groups in total. The number of ether oxygens (including phenoxy) is 1. The first kappa shape index (κ1) is 20.4. The van der Waals surface area contributed by atoms with Crippen LogP contribution in [0.1, 0.15) is 11.1 Å². The first-order chi connectivity index (χ1) is 12.2. The Hall–Kier alpha value is -1.90. The average Bonchev–Trinajstić information content (AvgIpc) is 2.57. The Morgan fingerprint density at radius 1 is 1.19 bits per heavy atom. The SMILES string of the molecule is NC(=NN=Cc1cc(Cl)c(Cl)c(OC(F)(F)F)c1)SCc1ccccc1. The lowest BCUT2D eigenvalue weighted by Crippen LogP contribution is -2.17. The summed E-state index contributed by atoms with van der Waals surface area (Å²) in [6.45, 7) is 0. The van der Waals surface area contributed by atoms with E-state index in [1.165, 1.54) is 24.0 Å². The van der Waals surface area contributed by atoms with Gasteiger partial charge in [-0.05, 0) is 23.3 Å². The highest BCUT2D eigenvalue weighted by molar-refractivity contribution is 8.13. The van der Waals surface area contributed by atoms with Crippen LogP contribution in [0.4, 0.5) is 13.2 Å². The van der Waals surface area contributed by atoms with Crippen LogP contribution in [0.3, 0.4) is 0 Å². The first-order valence-electron chi connectivity index (χ1n) is 7.02. The minimum atomic E-state index is -4.89. The Morgan fingerprint density at radius 3 is 2.54 bits per heavy atom. The molecule has 0 amide bonds. The standard InChI is InChI=1S/C16H12Cl2F3N3OS/c17-12-6-11(7-13(14(12)18)25-16(19,20)21)8-23-24-15(22)26-9-10-4-2-1-3-5-10/h1-8H,9H2,(H2,22,24). The van der Waals surface area contributed by atoms with E-state index in [-0.39, 0.29) is 20.8 Å². The molecule has 26 heavy (non-hydrogen) atoms. The average molecular weight is 422 g/mol. The zero-order chi connectivity index (χ0) is 19.2. The summed E-state index contributed by atoms with van der Waals surface area (Å²) >= 11 is 12.8. The summed E-state index contributed by atoms with van der Waals surface area (Å²) in [7, 11) is 0.